The number of carbonyl (C=O) groups is 1. The Hall–Kier alpha value is -2.50. The number of aromatic nitrogens is 2. The molecular weight excluding hydrogens is 280 g/mol. The number of phenols is 1. The monoisotopic (exact) mass is 302 g/mol. The van der Waals surface area contributed by atoms with Crippen LogP contribution in [0.3, 0.4) is 0 Å². The van der Waals surface area contributed by atoms with Crippen LogP contribution < -0.4 is 5.73 Å². The molecule has 2 aromatic rings. The van der Waals surface area contributed by atoms with Crippen molar-refractivity contribution in [3.8, 4) is 5.75 Å². The molecule has 0 aliphatic heterocycles. The van der Waals surface area contributed by atoms with Crippen molar-refractivity contribution < 1.29 is 9.90 Å². The van der Waals surface area contributed by atoms with Crippen LogP contribution >= 0.6 is 0 Å². The minimum Gasteiger partial charge on any atom is -0.508 e. The van der Waals surface area contributed by atoms with E-state index in [9.17, 15) is 9.90 Å². The number of aromatic amines is 1. The number of nitrogens with zero attached hydrogens (tertiary/aromatic N) is 2. The fraction of sp³-hybridized carbons (Fsp3) is 0.375. The summed E-state index contributed by atoms with van der Waals surface area (Å²) >= 11 is 0. The molecule has 0 saturated carbocycles. The van der Waals surface area contributed by atoms with Crippen LogP contribution in [-0.4, -0.2) is 39.7 Å². The van der Waals surface area contributed by atoms with E-state index in [1.165, 1.54) is 23.8 Å². The van der Waals surface area contributed by atoms with E-state index in [-0.39, 0.29) is 11.7 Å². The molecule has 118 valence electrons. The van der Waals surface area contributed by atoms with Gasteiger partial charge >= 0.3 is 0 Å². The van der Waals surface area contributed by atoms with E-state index in [0.717, 1.165) is 24.2 Å². The summed E-state index contributed by atoms with van der Waals surface area (Å²) in [5.74, 6) is -0.148. The molecule has 0 radical (unpaired) electrons. The van der Waals surface area contributed by atoms with E-state index < -0.39 is 0 Å². The van der Waals surface area contributed by atoms with Gasteiger partial charge in [0.2, 0.25) is 0 Å². The molecule has 0 atom stereocenters. The normalized spacial score (nSPS) is 10.7. The van der Waals surface area contributed by atoms with E-state index in [4.69, 9.17) is 5.73 Å². The second-order valence-corrected chi connectivity index (χ2v) is 5.51. The number of nitrogens with one attached hydrogen (secondary N) is 1. The van der Waals surface area contributed by atoms with Crippen molar-refractivity contribution in [3.05, 3.63) is 40.7 Å². The first-order valence-corrected chi connectivity index (χ1v) is 7.24. The molecular formula is C16H22N4O2. The molecule has 4 N–H and O–H groups in total. The number of rotatable bonds is 5. The Labute approximate surface area is 129 Å². The maximum atomic E-state index is 12.4. The van der Waals surface area contributed by atoms with Crippen molar-refractivity contribution >= 4 is 11.6 Å². The lowest BCUT2D eigenvalue weighted by atomic mass is 10.1. The number of carbonyl (C=O) groups excluding carboxylic acids is 1. The van der Waals surface area contributed by atoms with Gasteiger partial charge in [0.25, 0.3) is 5.91 Å². The highest BCUT2D eigenvalue weighted by atomic mass is 16.3. The van der Waals surface area contributed by atoms with Gasteiger partial charge in [-0.3, -0.25) is 9.89 Å². The SMILES string of the molecule is Cc1n[nH]c(C)c1CCCN(C)C(=O)c1cc(O)ccc1N. The number of aromatic hydroxyl groups is 1. The molecule has 1 aromatic carbocycles. The van der Waals surface area contributed by atoms with Gasteiger partial charge in [0.15, 0.2) is 0 Å². The van der Waals surface area contributed by atoms with E-state index in [1.807, 2.05) is 13.8 Å². The fourth-order valence-corrected chi connectivity index (χ4v) is 2.47. The number of aryl methyl sites for hydroxylation is 2. The Morgan fingerprint density at radius 3 is 2.77 bits per heavy atom. The number of H-pyrrole nitrogens is 1. The smallest absolute Gasteiger partial charge is 0.255 e. The Balaban J connectivity index is 1.96. The van der Waals surface area contributed by atoms with Crippen LogP contribution in [0.1, 0.15) is 33.7 Å². The summed E-state index contributed by atoms with van der Waals surface area (Å²) in [5, 5.41) is 16.6. The van der Waals surface area contributed by atoms with Gasteiger partial charge in [0, 0.05) is 25.0 Å². The van der Waals surface area contributed by atoms with Crippen LogP contribution in [0.5, 0.6) is 5.75 Å². The third-order valence-corrected chi connectivity index (χ3v) is 3.81. The molecule has 2 rings (SSSR count). The fourth-order valence-electron chi connectivity index (χ4n) is 2.47. The van der Waals surface area contributed by atoms with Crippen molar-refractivity contribution in [1.82, 2.24) is 15.1 Å². The second kappa shape index (κ2) is 6.51. The van der Waals surface area contributed by atoms with Gasteiger partial charge in [-0.05, 0) is 50.5 Å². The minimum absolute atomic E-state index is 0.0376. The van der Waals surface area contributed by atoms with Gasteiger partial charge in [-0.2, -0.15) is 5.10 Å². The van der Waals surface area contributed by atoms with Crippen LogP contribution in [0.4, 0.5) is 5.69 Å². The molecule has 6 heteroatoms. The average molecular weight is 302 g/mol. The van der Waals surface area contributed by atoms with Crippen molar-refractivity contribution in [2.75, 3.05) is 19.3 Å². The van der Waals surface area contributed by atoms with Gasteiger partial charge in [-0.15, -0.1) is 0 Å². The molecule has 0 aliphatic carbocycles. The first-order valence-electron chi connectivity index (χ1n) is 7.24. The van der Waals surface area contributed by atoms with E-state index in [1.54, 1.807) is 11.9 Å². The second-order valence-electron chi connectivity index (χ2n) is 5.51. The maximum Gasteiger partial charge on any atom is 0.255 e. The molecule has 1 heterocycles. The molecule has 0 bridgehead atoms. The summed E-state index contributed by atoms with van der Waals surface area (Å²) in [6.07, 6.45) is 1.70. The standard InChI is InChI=1S/C16H22N4O2/c1-10-13(11(2)19-18-10)5-4-8-20(3)16(22)14-9-12(21)6-7-15(14)17/h6-7,9,21H,4-5,8,17H2,1-3H3,(H,18,19). The number of amides is 1. The molecule has 1 amide bonds. The van der Waals surface area contributed by atoms with Crippen molar-refractivity contribution in [1.29, 1.82) is 0 Å². The number of nitrogens with two attached hydrogens (primary N) is 1. The van der Waals surface area contributed by atoms with E-state index in [2.05, 4.69) is 10.2 Å². The Bertz CT molecular complexity index is 659. The predicted molar refractivity (Wildman–Crippen MR) is 85.9 cm³/mol. The predicted octanol–water partition coefficient (Wildman–Crippen LogP) is 2.02. The number of hydrogen-bond acceptors (Lipinski definition) is 4. The molecule has 0 saturated heterocycles. The lowest BCUT2D eigenvalue weighted by Gasteiger charge is -2.18. The first-order chi connectivity index (χ1) is 10.4. The van der Waals surface area contributed by atoms with Gasteiger partial charge in [-0.1, -0.05) is 0 Å². The van der Waals surface area contributed by atoms with E-state index in [0.29, 0.717) is 17.8 Å². The molecule has 0 spiro atoms. The van der Waals surface area contributed by atoms with Crippen molar-refractivity contribution in [2.45, 2.75) is 26.7 Å². The summed E-state index contributed by atoms with van der Waals surface area (Å²) < 4.78 is 0. The number of benzene rings is 1. The molecule has 22 heavy (non-hydrogen) atoms. The largest absolute Gasteiger partial charge is 0.508 e. The topological polar surface area (TPSA) is 95.2 Å². The number of anilines is 1. The van der Waals surface area contributed by atoms with Crippen LogP contribution in [0.15, 0.2) is 18.2 Å². The minimum atomic E-state index is -0.186. The zero-order valence-corrected chi connectivity index (χ0v) is 13.2. The van der Waals surface area contributed by atoms with Crippen molar-refractivity contribution in [3.63, 3.8) is 0 Å². The quantitative estimate of drug-likeness (QED) is 0.581. The molecule has 6 nitrogen and oxygen atoms in total. The molecule has 0 fully saturated rings. The maximum absolute atomic E-state index is 12.4. The molecule has 1 aromatic heterocycles. The summed E-state index contributed by atoms with van der Waals surface area (Å²) in [6.45, 7) is 4.58. The van der Waals surface area contributed by atoms with Crippen LogP contribution in [0, 0.1) is 13.8 Å². The van der Waals surface area contributed by atoms with Gasteiger partial charge in [0.1, 0.15) is 5.75 Å². The van der Waals surface area contributed by atoms with Gasteiger partial charge in [0.05, 0.1) is 11.3 Å². The lowest BCUT2D eigenvalue weighted by molar-refractivity contribution is 0.0794. The summed E-state index contributed by atoms with van der Waals surface area (Å²) in [6, 6.07) is 4.41. The van der Waals surface area contributed by atoms with Crippen LogP contribution in [0.25, 0.3) is 0 Å². The third-order valence-electron chi connectivity index (χ3n) is 3.81. The first kappa shape index (κ1) is 15.9. The Morgan fingerprint density at radius 2 is 2.14 bits per heavy atom. The highest BCUT2D eigenvalue weighted by Gasteiger charge is 2.15. The number of nitrogen functional groups attached to an aromatic ring is 1. The Morgan fingerprint density at radius 1 is 1.41 bits per heavy atom. The van der Waals surface area contributed by atoms with Crippen LogP contribution in [-0.2, 0) is 6.42 Å². The van der Waals surface area contributed by atoms with Gasteiger partial charge in [-0.25, -0.2) is 0 Å². The highest BCUT2D eigenvalue weighted by Crippen LogP contribution is 2.20. The highest BCUT2D eigenvalue weighted by molar-refractivity contribution is 5.99. The molecule has 0 unspecified atom stereocenters. The van der Waals surface area contributed by atoms with E-state index >= 15 is 0 Å². The summed E-state index contributed by atoms with van der Waals surface area (Å²) in [4.78, 5) is 14.0. The van der Waals surface area contributed by atoms with Crippen molar-refractivity contribution in [2.24, 2.45) is 0 Å². The third kappa shape index (κ3) is 3.39. The zero-order valence-electron chi connectivity index (χ0n) is 13.2. The number of phenolic OH excluding ortho intramolecular Hbond substituents is 1. The van der Waals surface area contributed by atoms with Crippen LogP contribution in [0.2, 0.25) is 0 Å². The Kier molecular flexibility index (Phi) is 4.70. The summed E-state index contributed by atoms with van der Waals surface area (Å²) in [5.41, 5.74) is 9.79. The summed E-state index contributed by atoms with van der Waals surface area (Å²) in [7, 11) is 1.74. The average Bonchev–Trinajstić information content (AvgIpc) is 2.80. The van der Waals surface area contributed by atoms with Gasteiger partial charge < -0.3 is 15.7 Å². The zero-order chi connectivity index (χ0) is 16.3. The lowest BCUT2D eigenvalue weighted by Crippen LogP contribution is -2.28. The molecule has 0 aliphatic rings. The number of hydrogen-bond donors (Lipinski definition) is 3.